The summed E-state index contributed by atoms with van der Waals surface area (Å²) in [6.07, 6.45) is 0. The summed E-state index contributed by atoms with van der Waals surface area (Å²) in [4.78, 5) is 26.0. The van der Waals surface area contributed by atoms with E-state index < -0.39 is 11.9 Å². The first-order valence-electron chi connectivity index (χ1n) is 6.58. The van der Waals surface area contributed by atoms with Crippen molar-refractivity contribution in [3.8, 4) is 5.75 Å². The largest absolute Gasteiger partial charge is 0.458 e. The number of para-hydroxylation sites is 1. The highest BCUT2D eigenvalue weighted by molar-refractivity contribution is 6.30. The number of hydrogen-bond acceptors (Lipinski definition) is 4. The zero-order valence-electron chi connectivity index (χ0n) is 11.4. The molecule has 3 aromatic rings. The van der Waals surface area contributed by atoms with E-state index in [-0.39, 0.29) is 6.61 Å². The minimum atomic E-state index is -1.02. The summed E-state index contributed by atoms with van der Waals surface area (Å²) < 4.78 is 9.59. The topological polar surface area (TPSA) is 68.4 Å². The molecule has 0 bridgehead atoms. The van der Waals surface area contributed by atoms with Crippen LogP contribution in [-0.4, -0.2) is 23.5 Å². The molecule has 0 saturated heterocycles. The van der Waals surface area contributed by atoms with Gasteiger partial charge in [0.15, 0.2) is 0 Å². The van der Waals surface area contributed by atoms with Crippen molar-refractivity contribution in [1.29, 1.82) is 0 Å². The van der Waals surface area contributed by atoms with Gasteiger partial charge in [0, 0.05) is 22.4 Å². The van der Waals surface area contributed by atoms with Crippen molar-refractivity contribution >= 4 is 33.7 Å². The second-order valence-corrected chi connectivity index (χ2v) is 4.49. The summed E-state index contributed by atoms with van der Waals surface area (Å²) in [6, 6.07) is 13.1. The second-order valence-electron chi connectivity index (χ2n) is 4.49. The highest BCUT2D eigenvalue weighted by atomic mass is 16.6. The Balaban J connectivity index is 1.92. The van der Waals surface area contributed by atoms with Crippen LogP contribution in [0.3, 0.4) is 0 Å². The van der Waals surface area contributed by atoms with Gasteiger partial charge in [-0.25, -0.2) is 9.59 Å². The fourth-order valence-electron chi connectivity index (χ4n) is 2.24. The van der Waals surface area contributed by atoms with Crippen molar-refractivity contribution in [2.24, 2.45) is 0 Å². The van der Waals surface area contributed by atoms with Gasteiger partial charge in [0.05, 0.1) is 12.1 Å². The van der Waals surface area contributed by atoms with Gasteiger partial charge in [-0.05, 0) is 25.1 Å². The molecule has 0 aliphatic heterocycles. The van der Waals surface area contributed by atoms with E-state index in [0.29, 0.717) is 5.75 Å². The lowest BCUT2D eigenvalue weighted by Crippen LogP contribution is -2.22. The average molecular weight is 283 g/mol. The van der Waals surface area contributed by atoms with Crippen molar-refractivity contribution < 1.29 is 19.1 Å². The quantitative estimate of drug-likeness (QED) is 0.446. The van der Waals surface area contributed by atoms with Crippen molar-refractivity contribution in [2.45, 2.75) is 6.92 Å². The molecule has 5 heteroatoms. The average Bonchev–Trinajstić information content (AvgIpc) is 2.85. The summed E-state index contributed by atoms with van der Waals surface area (Å²) >= 11 is 0. The minimum absolute atomic E-state index is 0.134. The number of carbonyl (C=O) groups is 2. The highest BCUT2D eigenvalue weighted by Crippen LogP contribution is 2.28. The molecule has 1 aromatic heterocycles. The number of aromatic amines is 1. The van der Waals surface area contributed by atoms with E-state index in [9.17, 15) is 9.59 Å². The van der Waals surface area contributed by atoms with E-state index in [0.717, 1.165) is 21.8 Å². The first kappa shape index (κ1) is 13.2. The maximum Gasteiger partial charge on any atom is 0.422 e. The zero-order chi connectivity index (χ0) is 14.8. The van der Waals surface area contributed by atoms with Gasteiger partial charge < -0.3 is 14.5 Å². The summed E-state index contributed by atoms with van der Waals surface area (Å²) in [6.45, 7) is 1.76. The van der Waals surface area contributed by atoms with Crippen LogP contribution in [0.1, 0.15) is 6.92 Å². The Morgan fingerprint density at radius 1 is 1.00 bits per heavy atom. The van der Waals surface area contributed by atoms with Gasteiger partial charge in [-0.1, -0.05) is 18.2 Å². The van der Waals surface area contributed by atoms with E-state index in [4.69, 9.17) is 4.74 Å². The van der Waals surface area contributed by atoms with Gasteiger partial charge in [-0.3, -0.25) is 0 Å². The van der Waals surface area contributed by atoms with Crippen molar-refractivity contribution in [3.63, 3.8) is 0 Å². The molecule has 1 N–H and O–H groups in total. The van der Waals surface area contributed by atoms with Gasteiger partial charge in [0.25, 0.3) is 0 Å². The Hall–Kier alpha value is -2.82. The Morgan fingerprint density at radius 2 is 1.76 bits per heavy atom. The van der Waals surface area contributed by atoms with Crippen LogP contribution in [-0.2, 0) is 14.3 Å². The Bertz CT molecular complexity index is 835. The smallest absolute Gasteiger partial charge is 0.422 e. The number of fused-ring (bicyclic) bond motifs is 3. The van der Waals surface area contributed by atoms with Gasteiger partial charge in [0.1, 0.15) is 5.75 Å². The molecule has 0 aliphatic carbocycles. The van der Waals surface area contributed by atoms with E-state index in [1.54, 1.807) is 19.1 Å². The highest BCUT2D eigenvalue weighted by Gasteiger charge is 2.18. The molecule has 0 aliphatic rings. The standard InChI is InChI=1S/C16H13NO4/c1-2-20-15(18)16(19)21-10-7-8-12-11-5-3-4-6-13(11)17-14(12)9-10/h3-9,17H,2H2,1H3. The summed E-state index contributed by atoms with van der Waals surface area (Å²) in [5.41, 5.74) is 1.84. The lowest BCUT2D eigenvalue weighted by Gasteiger charge is -2.03. The number of H-pyrrole nitrogens is 1. The number of esters is 2. The predicted molar refractivity (Wildman–Crippen MR) is 78.1 cm³/mol. The SMILES string of the molecule is CCOC(=O)C(=O)Oc1ccc2c(c1)[nH]c1ccccc12. The van der Waals surface area contributed by atoms with E-state index in [1.165, 1.54) is 0 Å². The van der Waals surface area contributed by atoms with E-state index >= 15 is 0 Å². The van der Waals surface area contributed by atoms with Crippen LogP contribution < -0.4 is 4.74 Å². The van der Waals surface area contributed by atoms with Crippen LogP contribution >= 0.6 is 0 Å². The lowest BCUT2D eigenvalue weighted by molar-refractivity contribution is -0.161. The zero-order valence-corrected chi connectivity index (χ0v) is 11.4. The van der Waals surface area contributed by atoms with Gasteiger partial charge in [-0.15, -0.1) is 0 Å². The molecule has 21 heavy (non-hydrogen) atoms. The number of hydrogen-bond donors (Lipinski definition) is 1. The number of rotatable bonds is 2. The summed E-state index contributed by atoms with van der Waals surface area (Å²) in [5.74, 6) is -1.71. The molecule has 0 saturated carbocycles. The van der Waals surface area contributed by atoms with Crippen LogP contribution in [0.25, 0.3) is 21.8 Å². The fourth-order valence-corrected chi connectivity index (χ4v) is 2.24. The van der Waals surface area contributed by atoms with Crippen molar-refractivity contribution in [1.82, 2.24) is 4.98 Å². The molecular weight excluding hydrogens is 270 g/mol. The molecule has 0 fully saturated rings. The van der Waals surface area contributed by atoms with Crippen molar-refractivity contribution in [2.75, 3.05) is 6.61 Å². The Morgan fingerprint density at radius 3 is 2.57 bits per heavy atom. The first-order chi connectivity index (χ1) is 10.2. The third kappa shape index (κ3) is 2.45. The van der Waals surface area contributed by atoms with Gasteiger partial charge >= 0.3 is 11.9 Å². The molecule has 5 nitrogen and oxygen atoms in total. The third-order valence-corrected chi connectivity index (χ3v) is 3.13. The normalized spacial score (nSPS) is 10.7. The van der Waals surface area contributed by atoms with Crippen LogP contribution in [0.15, 0.2) is 42.5 Å². The van der Waals surface area contributed by atoms with Gasteiger partial charge in [0.2, 0.25) is 0 Å². The van der Waals surface area contributed by atoms with Crippen LogP contribution in [0.5, 0.6) is 5.75 Å². The molecular formula is C16H13NO4. The van der Waals surface area contributed by atoms with E-state index in [2.05, 4.69) is 9.72 Å². The number of ether oxygens (including phenoxy) is 2. The molecule has 3 rings (SSSR count). The third-order valence-electron chi connectivity index (χ3n) is 3.13. The fraction of sp³-hybridized carbons (Fsp3) is 0.125. The number of nitrogens with one attached hydrogen (secondary N) is 1. The van der Waals surface area contributed by atoms with Crippen LogP contribution in [0, 0.1) is 0 Å². The molecule has 1 heterocycles. The van der Waals surface area contributed by atoms with Crippen LogP contribution in [0.4, 0.5) is 0 Å². The Labute approximate surface area is 120 Å². The second kappa shape index (κ2) is 5.28. The Kier molecular flexibility index (Phi) is 3.31. The molecule has 0 unspecified atom stereocenters. The number of benzene rings is 2. The van der Waals surface area contributed by atoms with Gasteiger partial charge in [-0.2, -0.15) is 0 Å². The minimum Gasteiger partial charge on any atom is -0.458 e. The molecule has 0 amide bonds. The van der Waals surface area contributed by atoms with Crippen LogP contribution in [0.2, 0.25) is 0 Å². The first-order valence-corrected chi connectivity index (χ1v) is 6.58. The molecule has 0 radical (unpaired) electrons. The maximum atomic E-state index is 11.5. The lowest BCUT2D eigenvalue weighted by atomic mass is 10.1. The molecule has 2 aromatic carbocycles. The van der Waals surface area contributed by atoms with E-state index in [1.807, 2.05) is 30.3 Å². The summed E-state index contributed by atoms with van der Waals surface area (Å²) in [7, 11) is 0. The van der Waals surface area contributed by atoms with Crippen molar-refractivity contribution in [3.05, 3.63) is 42.5 Å². The number of carbonyl (C=O) groups excluding carboxylic acids is 2. The molecule has 106 valence electrons. The maximum absolute atomic E-state index is 11.5. The monoisotopic (exact) mass is 283 g/mol. The summed E-state index contributed by atoms with van der Waals surface area (Å²) in [5, 5.41) is 2.12. The molecule has 0 atom stereocenters. The predicted octanol–water partition coefficient (Wildman–Crippen LogP) is 2.79. The molecule has 0 spiro atoms. The number of aromatic nitrogens is 1.